The monoisotopic (exact) mass is 248 g/mol. The fraction of sp³-hybridized carbons (Fsp3) is 0.500. The molecule has 4 heteroatoms. The molecule has 1 aliphatic heterocycles. The van der Waals surface area contributed by atoms with E-state index in [1.807, 2.05) is 4.90 Å². The summed E-state index contributed by atoms with van der Waals surface area (Å²) in [7, 11) is 1.56. The molecule has 1 unspecified atom stereocenters. The number of para-hydroxylation sites is 1. The summed E-state index contributed by atoms with van der Waals surface area (Å²) in [5.41, 5.74) is 6.95. The van der Waals surface area contributed by atoms with Crippen molar-refractivity contribution in [2.75, 3.05) is 19.4 Å². The molecular weight excluding hydrogens is 228 g/mol. The van der Waals surface area contributed by atoms with Crippen LogP contribution in [0.5, 0.6) is 5.75 Å². The molecule has 1 heterocycles. The van der Waals surface area contributed by atoms with Crippen molar-refractivity contribution in [1.82, 2.24) is 4.90 Å². The maximum absolute atomic E-state index is 12.5. The zero-order chi connectivity index (χ0) is 13.1. The van der Waals surface area contributed by atoms with Gasteiger partial charge in [0.15, 0.2) is 0 Å². The van der Waals surface area contributed by atoms with Crippen molar-refractivity contribution in [3.05, 3.63) is 23.8 Å². The number of rotatable bonds is 2. The second kappa shape index (κ2) is 5.29. The number of carbonyl (C=O) groups excluding carboxylic acids is 1. The highest BCUT2D eigenvalue weighted by Crippen LogP contribution is 2.27. The van der Waals surface area contributed by atoms with Gasteiger partial charge in [0, 0.05) is 12.6 Å². The van der Waals surface area contributed by atoms with Crippen LogP contribution in [0.1, 0.15) is 36.5 Å². The fourth-order valence-corrected chi connectivity index (χ4v) is 2.46. The molecule has 98 valence electrons. The predicted octanol–water partition coefficient (Wildman–Crippen LogP) is 2.29. The first kappa shape index (κ1) is 12.7. The van der Waals surface area contributed by atoms with Gasteiger partial charge in [-0.05, 0) is 38.3 Å². The van der Waals surface area contributed by atoms with Gasteiger partial charge in [0.25, 0.3) is 5.91 Å². The first-order valence-electron chi connectivity index (χ1n) is 6.38. The Morgan fingerprint density at radius 3 is 2.89 bits per heavy atom. The molecule has 0 bridgehead atoms. The van der Waals surface area contributed by atoms with Gasteiger partial charge in [-0.15, -0.1) is 0 Å². The standard InChI is InChI=1S/C14H20N2O2/c1-10-6-3-4-9-16(10)14(17)11-7-5-8-12(18-2)13(11)15/h5,7-8,10H,3-4,6,9,15H2,1-2H3. The number of likely N-dealkylation sites (tertiary alicyclic amines) is 1. The molecule has 0 aliphatic carbocycles. The number of nitrogens with zero attached hydrogens (tertiary/aromatic N) is 1. The Bertz CT molecular complexity index is 445. The molecule has 1 atom stereocenters. The second-order valence-electron chi connectivity index (χ2n) is 4.76. The lowest BCUT2D eigenvalue weighted by Crippen LogP contribution is -2.42. The van der Waals surface area contributed by atoms with E-state index in [4.69, 9.17) is 10.5 Å². The van der Waals surface area contributed by atoms with Crippen LogP contribution in [-0.2, 0) is 0 Å². The first-order chi connectivity index (χ1) is 8.65. The average molecular weight is 248 g/mol. The Labute approximate surface area is 108 Å². The topological polar surface area (TPSA) is 55.6 Å². The van der Waals surface area contributed by atoms with Crippen molar-refractivity contribution < 1.29 is 9.53 Å². The molecular formula is C14H20N2O2. The van der Waals surface area contributed by atoms with Crippen molar-refractivity contribution in [1.29, 1.82) is 0 Å². The van der Waals surface area contributed by atoms with Gasteiger partial charge < -0.3 is 15.4 Å². The van der Waals surface area contributed by atoms with Crippen molar-refractivity contribution >= 4 is 11.6 Å². The third kappa shape index (κ3) is 2.28. The lowest BCUT2D eigenvalue weighted by Gasteiger charge is -2.33. The number of piperidine rings is 1. The normalized spacial score (nSPS) is 19.7. The van der Waals surface area contributed by atoms with Crippen LogP contribution in [0.15, 0.2) is 18.2 Å². The van der Waals surface area contributed by atoms with E-state index < -0.39 is 0 Å². The quantitative estimate of drug-likeness (QED) is 0.817. The molecule has 4 nitrogen and oxygen atoms in total. The smallest absolute Gasteiger partial charge is 0.256 e. The third-order valence-corrected chi connectivity index (χ3v) is 3.58. The number of amides is 1. The SMILES string of the molecule is COc1cccc(C(=O)N2CCCCC2C)c1N. The largest absolute Gasteiger partial charge is 0.495 e. The molecule has 18 heavy (non-hydrogen) atoms. The van der Waals surface area contributed by atoms with E-state index in [9.17, 15) is 4.79 Å². The Kier molecular flexibility index (Phi) is 3.75. The molecule has 0 aromatic heterocycles. The van der Waals surface area contributed by atoms with Gasteiger partial charge >= 0.3 is 0 Å². The number of benzene rings is 1. The highest BCUT2D eigenvalue weighted by atomic mass is 16.5. The molecule has 1 aromatic rings. The lowest BCUT2D eigenvalue weighted by atomic mass is 10.0. The number of methoxy groups -OCH3 is 1. The summed E-state index contributed by atoms with van der Waals surface area (Å²) in [5, 5.41) is 0. The second-order valence-corrected chi connectivity index (χ2v) is 4.76. The van der Waals surface area contributed by atoms with Gasteiger partial charge in [0.2, 0.25) is 0 Å². The Balaban J connectivity index is 2.28. The van der Waals surface area contributed by atoms with Crippen LogP contribution in [0.25, 0.3) is 0 Å². The zero-order valence-corrected chi connectivity index (χ0v) is 11.0. The van der Waals surface area contributed by atoms with Crippen LogP contribution >= 0.6 is 0 Å². The number of nitrogen functional groups attached to an aromatic ring is 1. The van der Waals surface area contributed by atoms with Gasteiger partial charge in [0.1, 0.15) is 5.75 Å². The van der Waals surface area contributed by atoms with Crippen molar-refractivity contribution in [2.24, 2.45) is 0 Å². The van der Waals surface area contributed by atoms with Crippen LogP contribution in [-0.4, -0.2) is 30.5 Å². The van der Waals surface area contributed by atoms with Crippen LogP contribution in [0.4, 0.5) is 5.69 Å². The van der Waals surface area contributed by atoms with E-state index in [-0.39, 0.29) is 11.9 Å². The molecule has 1 aliphatic rings. The average Bonchev–Trinajstić information content (AvgIpc) is 2.39. The van der Waals surface area contributed by atoms with Gasteiger partial charge in [-0.2, -0.15) is 0 Å². The number of nitrogens with two attached hydrogens (primary N) is 1. The van der Waals surface area contributed by atoms with E-state index in [0.29, 0.717) is 17.0 Å². The number of ether oxygens (including phenoxy) is 1. The van der Waals surface area contributed by atoms with Crippen molar-refractivity contribution in [3.63, 3.8) is 0 Å². The van der Waals surface area contributed by atoms with Gasteiger partial charge in [0.05, 0.1) is 18.4 Å². The van der Waals surface area contributed by atoms with Gasteiger partial charge in [-0.1, -0.05) is 6.07 Å². The molecule has 1 saturated heterocycles. The van der Waals surface area contributed by atoms with Crippen LogP contribution in [0.2, 0.25) is 0 Å². The molecule has 2 N–H and O–H groups in total. The van der Waals surface area contributed by atoms with Crippen molar-refractivity contribution in [3.8, 4) is 5.75 Å². The van der Waals surface area contributed by atoms with Crippen LogP contribution in [0, 0.1) is 0 Å². The lowest BCUT2D eigenvalue weighted by molar-refractivity contribution is 0.0636. The first-order valence-corrected chi connectivity index (χ1v) is 6.38. The summed E-state index contributed by atoms with van der Waals surface area (Å²) >= 11 is 0. The fourth-order valence-electron chi connectivity index (χ4n) is 2.46. The minimum Gasteiger partial charge on any atom is -0.495 e. The highest BCUT2D eigenvalue weighted by molar-refractivity contribution is 6.00. The molecule has 1 amide bonds. The summed E-state index contributed by atoms with van der Waals surface area (Å²) in [6.07, 6.45) is 3.33. The van der Waals surface area contributed by atoms with Gasteiger partial charge in [-0.25, -0.2) is 0 Å². The Morgan fingerprint density at radius 1 is 1.44 bits per heavy atom. The summed E-state index contributed by atoms with van der Waals surface area (Å²) in [6, 6.07) is 5.63. The predicted molar refractivity (Wildman–Crippen MR) is 71.8 cm³/mol. The molecule has 1 fully saturated rings. The van der Waals surface area contributed by atoms with Crippen LogP contribution < -0.4 is 10.5 Å². The molecule has 2 rings (SSSR count). The highest BCUT2D eigenvalue weighted by Gasteiger charge is 2.26. The van der Waals surface area contributed by atoms with E-state index in [0.717, 1.165) is 19.4 Å². The third-order valence-electron chi connectivity index (χ3n) is 3.58. The zero-order valence-electron chi connectivity index (χ0n) is 11.0. The molecule has 1 aromatic carbocycles. The molecule has 0 saturated carbocycles. The summed E-state index contributed by atoms with van der Waals surface area (Å²) in [4.78, 5) is 14.4. The molecule has 0 spiro atoms. The number of hydrogen-bond donors (Lipinski definition) is 1. The van der Waals surface area contributed by atoms with E-state index >= 15 is 0 Å². The summed E-state index contributed by atoms with van der Waals surface area (Å²) < 4.78 is 5.15. The van der Waals surface area contributed by atoms with E-state index in [1.165, 1.54) is 6.42 Å². The van der Waals surface area contributed by atoms with E-state index in [1.54, 1.807) is 25.3 Å². The maximum Gasteiger partial charge on any atom is 0.256 e. The number of carbonyl (C=O) groups is 1. The minimum absolute atomic E-state index is 0.0126. The summed E-state index contributed by atoms with van der Waals surface area (Å²) in [6.45, 7) is 2.91. The number of hydrogen-bond acceptors (Lipinski definition) is 3. The number of anilines is 1. The van der Waals surface area contributed by atoms with E-state index in [2.05, 4.69) is 6.92 Å². The van der Waals surface area contributed by atoms with Crippen LogP contribution in [0.3, 0.4) is 0 Å². The Hall–Kier alpha value is -1.71. The maximum atomic E-state index is 12.5. The minimum atomic E-state index is 0.0126. The Morgan fingerprint density at radius 2 is 2.22 bits per heavy atom. The van der Waals surface area contributed by atoms with Crippen molar-refractivity contribution in [2.45, 2.75) is 32.2 Å². The van der Waals surface area contributed by atoms with Gasteiger partial charge in [-0.3, -0.25) is 4.79 Å². The molecule has 0 radical (unpaired) electrons. The summed E-state index contributed by atoms with van der Waals surface area (Å²) in [5.74, 6) is 0.573.